The Morgan fingerprint density at radius 1 is 1.36 bits per heavy atom. The second kappa shape index (κ2) is 3.25. The molecule has 0 fully saturated rings. The highest BCUT2D eigenvalue weighted by molar-refractivity contribution is 6.14. The Morgan fingerprint density at radius 3 is 2.86 bits per heavy atom. The van der Waals surface area contributed by atoms with Gasteiger partial charge < -0.3 is 4.74 Å². The Hall–Kier alpha value is -1.64. The van der Waals surface area contributed by atoms with E-state index in [-0.39, 0.29) is 6.10 Å². The van der Waals surface area contributed by atoms with E-state index >= 15 is 0 Å². The van der Waals surface area contributed by atoms with Crippen LogP contribution in [0.4, 0.5) is 0 Å². The number of ether oxygens (including phenoxy) is 1. The molecule has 3 heteroatoms. The van der Waals surface area contributed by atoms with Gasteiger partial charge in [0.1, 0.15) is 5.75 Å². The maximum atomic E-state index is 7.56. The Morgan fingerprint density at radius 2 is 2.14 bits per heavy atom. The highest BCUT2D eigenvalue weighted by atomic mass is 16.5. The Labute approximate surface area is 82.9 Å². The summed E-state index contributed by atoms with van der Waals surface area (Å²) in [6.45, 7) is 3.96. The number of nitrogens with zero attached hydrogens (tertiary/aromatic N) is 1. The summed E-state index contributed by atoms with van der Waals surface area (Å²) in [5, 5.41) is 7.56. The van der Waals surface area contributed by atoms with E-state index in [1.54, 1.807) is 6.21 Å². The maximum absolute atomic E-state index is 7.56. The molecule has 1 aliphatic heterocycles. The van der Waals surface area contributed by atoms with Crippen LogP contribution in [0.5, 0.6) is 5.75 Å². The maximum Gasteiger partial charge on any atom is 0.152 e. The number of amidine groups is 1. The highest BCUT2D eigenvalue weighted by Crippen LogP contribution is 2.21. The van der Waals surface area contributed by atoms with Crippen LogP contribution in [-0.4, -0.2) is 18.2 Å². The van der Waals surface area contributed by atoms with Crippen molar-refractivity contribution in [1.82, 2.24) is 0 Å². The second-order valence-corrected chi connectivity index (χ2v) is 3.52. The summed E-state index contributed by atoms with van der Waals surface area (Å²) in [6.07, 6.45) is 1.86. The SMILES string of the molecule is CC(C)Oc1ccc2c(c1)C(=N)N=C2. The van der Waals surface area contributed by atoms with Crippen LogP contribution in [0.1, 0.15) is 25.0 Å². The molecule has 72 valence electrons. The fourth-order valence-corrected chi connectivity index (χ4v) is 1.40. The van der Waals surface area contributed by atoms with E-state index in [4.69, 9.17) is 10.1 Å². The third kappa shape index (κ3) is 1.53. The first-order valence-electron chi connectivity index (χ1n) is 4.60. The quantitative estimate of drug-likeness (QED) is 0.760. The summed E-state index contributed by atoms with van der Waals surface area (Å²) in [6, 6.07) is 5.70. The van der Waals surface area contributed by atoms with Crippen molar-refractivity contribution < 1.29 is 4.74 Å². The lowest BCUT2D eigenvalue weighted by Crippen LogP contribution is -2.06. The molecule has 1 aromatic rings. The van der Waals surface area contributed by atoms with Crippen LogP contribution in [0.2, 0.25) is 0 Å². The van der Waals surface area contributed by atoms with Crippen molar-refractivity contribution in [3.63, 3.8) is 0 Å². The second-order valence-electron chi connectivity index (χ2n) is 3.52. The molecular weight excluding hydrogens is 176 g/mol. The van der Waals surface area contributed by atoms with Gasteiger partial charge in [0.05, 0.1) is 6.10 Å². The molecule has 0 bridgehead atoms. The van der Waals surface area contributed by atoms with E-state index in [1.807, 2.05) is 32.0 Å². The Balaban J connectivity index is 2.33. The van der Waals surface area contributed by atoms with Gasteiger partial charge in [-0.3, -0.25) is 5.41 Å². The summed E-state index contributed by atoms with van der Waals surface area (Å²) in [5.41, 5.74) is 1.84. The molecule has 1 N–H and O–H groups in total. The third-order valence-electron chi connectivity index (χ3n) is 1.98. The van der Waals surface area contributed by atoms with Gasteiger partial charge in [-0.1, -0.05) is 0 Å². The molecule has 2 rings (SSSR count). The monoisotopic (exact) mass is 188 g/mol. The normalized spacial score (nSPS) is 13.5. The summed E-state index contributed by atoms with van der Waals surface area (Å²) < 4.78 is 5.54. The molecule has 0 unspecified atom stereocenters. The van der Waals surface area contributed by atoms with Gasteiger partial charge >= 0.3 is 0 Å². The van der Waals surface area contributed by atoms with Crippen LogP contribution >= 0.6 is 0 Å². The molecule has 0 aliphatic carbocycles. The first-order valence-corrected chi connectivity index (χ1v) is 4.60. The molecule has 1 heterocycles. The lowest BCUT2D eigenvalue weighted by molar-refractivity contribution is 0.242. The molecule has 1 aliphatic rings. The van der Waals surface area contributed by atoms with Gasteiger partial charge in [-0.15, -0.1) is 0 Å². The standard InChI is InChI=1S/C11H12N2O/c1-7(2)14-9-4-3-8-6-13-11(12)10(8)5-9/h3-7,12H,1-2H3. The van der Waals surface area contributed by atoms with Crippen molar-refractivity contribution in [1.29, 1.82) is 5.41 Å². The Kier molecular flexibility index (Phi) is 2.08. The summed E-state index contributed by atoms with van der Waals surface area (Å²) in [4.78, 5) is 3.93. The van der Waals surface area contributed by atoms with Crippen LogP contribution in [-0.2, 0) is 0 Å². The number of nitrogens with one attached hydrogen (secondary N) is 1. The van der Waals surface area contributed by atoms with Crippen molar-refractivity contribution >= 4 is 12.1 Å². The number of fused-ring (bicyclic) bond motifs is 1. The van der Waals surface area contributed by atoms with Gasteiger partial charge in [-0.25, -0.2) is 4.99 Å². The first-order chi connectivity index (χ1) is 6.66. The molecule has 0 saturated heterocycles. The fraction of sp³-hybridized carbons (Fsp3) is 0.273. The average molecular weight is 188 g/mol. The van der Waals surface area contributed by atoms with Gasteiger partial charge in [0.25, 0.3) is 0 Å². The smallest absolute Gasteiger partial charge is 0.152 e. The third-order valence-corrected chi connectivity index (χ3v) is 1.98. The fourth-order valence-electron chi connectivity index (χ4n) is 1.40. The van der Waals surface area contributed by atoms with Gasteiger partial charge in [-0.05, 0) is 32.0 Å². The molecule has 14 heavy (non-hydrogen) atoms. The minimum absolute atomic E-state index is 0.157. The van der Waals surface area contributed by atoms with E-state index in [2.05, 4.69) is 4.99 Å². The van der Waals surface area contributed by atoms with E-state index in [1.165, 1.54) is 0 Å². The molecule has 0 atom stereocenters. The molecule has 0 saturated carbocycles. The number of rotatable bonds is 2. The van der Waals surface area contributed by atoms with Crippen LogP contribution in [0.3, 0.4) is 0 Å². The topological polar surface area (TPSA) is 45.4 Å². The van der Waals surface area contributed by atoms with Gasteiger partial charge in [0, 0.05) is 17.3 Å². The number of hydrogen-bond acceptors (Lipinski definition) is 2. The molecule has 0 spiro atoms. The molecule has 0 radical (unpaired) electrons. The van der Waals surface area contributed by atoms with Crippen molar-refractivity contribution in [2.45, 2.75) is 20.0 Å². The van der Waals surface area contributed by atoms with Crippen LogP contribution in [0.15, 0.2) is 23.2 Å². The minimum Gasteiger partial charge on any atom is -0.491 e. The molecule has 1 aromatic carbocycles. The molecular formula is C11H12N2O. The summed E-state index contributed by atoms with van der Waals surface area (Å²) in [7, 11) is 0. The predicted molar refractivity (Wildman–Crippen MR) is 56.6 cm³/mol. The summed E-state index contributed by atoms with van der Waals surface area (Å²) in [5.74, 6) is 1.11. The highest BCUT2D eigenvalue weighted by Gasteiger charge is 2.12. The van der Waals surface area contributed by atoms with Crippen LogP contribution in [0, 0.1) is 5.41 Å². The van der Waals surface area contributed by atoms with Crippen molar-refractivity contribution in [3.8, 4) is 5.75 Å². The van der Waals surface area contributed by atoms with Gasteiger partial charge in [-0.2, -0.15) is 0 Å². The number of aliphatic imine (C=N–C) groups is 1. The van der Waals surface area contributed by atoms with Crippen molar-refractivity contribution in [2.24, 2.45) is 4.99 Å². The zero-order valence-corrected chi connectivity index (χ0v) is 8.24. The number of hydrogen-bond donors (Lipinski definition) is 1. The minimum atomic E-state index is 0.157. The zero-order chi connectivity index (χ0) is 10.1. The Bertz CT molecular complexity index is 408. The van der Waals surface area contributed by atoms with Crippen LogP contribution < -0.4 is 4.74 Å². The largest absolute Gasteiger partial charge is 0.491 e. The van der Waals surface area contributed by atoms with Crippen molar-refractivity contribution in [3.05, 3.63) is 29.3 Å². The zero-order valence-electron chi connectivity index (χ0n) is 8.24. The lowest BCUT2D eigenvalue weighted by atomic mass is 10.1. The molecule has 3 nitrogen and oxygen atoms in total. The lowest BCUT2D eigenvalue weighted by Gasteiger charge is -2.10. The van der Waals surface area contributed by atoms with Crippen molar-refractivity contribution in [2.75, 3.05) is 0 Å². The van der Waals surface area contributed by atoms with Gasteiger partial charge in [0.2, 0.25) is 0 Å². The van der Waals surface area contributed by atoms with Crippen LogP contribution in [0.25, 0.3) is 0 Å². The summed E-state index contributed by atoms with van der Waals surface area (Å²) >= 11 is 0. The predicted octanol–water partition coefficient (Wildman–Crippen LogP) is 2.23. The van der Waals surface area contributed by atoms with E-state index in [0.717, 1.165) is 16.9 Å². The number of benzene rings is 1. The van der Waals surface area contributed by atoms with Gasteiger partial charge in [0.15, 0.2) is 5.84 Å². The molecule has 0 amide bonds. The van der Waals surface area contributed by atoms with E-state index in [0.29, 0.717) is 5.84 Å². The van der Waals surface area contributed by atoms with E-state index < -0.39 is 0 Å². The van der Waals surface area contributed by atoms with E-state index in [9.17, 15) is 0 Å². The average Bonchev–Trinajstić information content (AvgIpc) is 2.47. The molecule has 0 aromatic heterocycles. The first kappa shape index (κ1) is 8.94.